The lowest BCUT2D eigenvalue weighted by atomic mass is 10.0. The molecule has 2 fully saturated rings. The molecule has 2 aliphatic heterocycles. The molecule has 0 aliphatic carbocycles. The number of hydrogen-bond donors (Lipinski definition) is 1. The first-order chi connectivity index (χ1) is 18.8. The Hall–Kier alpha value is -3.15. The van der Waals surface area contributed by atoms with Crippen LogP contribution in [0.1, 0.15) is 17.5 Å². The predicted octanol–water partition coefficient (Wildman–Crippen LogP) is 3.66. The fourth-order valence-electron chi connectivity index (χ4n) is 5.01. The van der Waals surface area contributed by atoms with Crippen molar-refractivity contribution in [2.45, 2.75) is 31.8 Å². The molecule has 1 N–H and O–H groups in total. The van der Waals surface area contributed by atoms with Crippen molar-refractivity contribution in [1.29, 1.82) is 0 Å². The molecule has 0 saturated carbocycles. The zero-order valence-electron chi connectivity index (χ0n) is 22.3. The fraction of sp³-hybridized carbons (Fsp3) is 0.429. The second kappa shape index (κ2) is 13.3. The van der Waals surface area contributed by atoms with Crippen molar-refractivity contribution in [3.05, 3.63) is 83.6 Å². The molecule has 0 aromatic heterocycles. The van der Waals surface area contributed by atoms with E-state index in [4.69, 9.17) is 4.74 Å². The Morgan fingerprint density at radius 2 is 1.92 bits per heavy atom. The average Bonchev–Trinajstić information content (AvgIpc) is 2.90. The van der Waals surface area contributed by atoms with Crippen molar-refractivity contribution in [1.82, 2.24) is 25.1 Å². The van der Waals surface area contributed by atoms with E-state index in [1.807, 2.05) is 12.3 Å². The first-order valence-electron chi connectivity index (χ1n) is 12.9. The number of nitrogens with zero attached hydrogens (tertiary/aromatic N) is 4. The lowest BCUT2D eigenvalue weighted by Crippen LogP contribution is -2.74. The number of ether oxygens (including phenoxy) is 1. The molecule has 2 aliphatic rings. The minimum absolute atomic E-state index is 0.0562. The molecule has 39 heavy (non-hydrogen) atoms. The van der Waals surface area contributed by atoms with Gasteiger partial charge in [0, 0.05) is 25.8 Å². The van der Waals surface area contributed by atoms with Gasteiger partial charge >= 0.3 is 6.03 Å². The van der Waals surface area contributed by atoms with E-state index >= 15 is 0 Å². The van der Waals surface area contributed by atoms with Crippen molar-refractivity contribution in [3.63, 3.8) is 0 Å². The highest BCUT2D eigenvalue weighted by Gasteiger charge is 2.48. The summed E-state index contributed by atoms with van der Waals surface area (Å²) in [5.41, 5.74) is 2.34. The van der Waals surface area contributed by atoms with Gasteiger partial charge in [-0.15, -0.1) is 0 Å². The normalized spacial score (nSPS) is 19.8. The summed E-state index contributed by atoms with van der Waals surface area (Å²) in [6.07, 6.45) is 2.18. The quantitative estimate of drug-likeness (QED) is 0.449. The van der Waals surface area contributed by atoms with E-state index in [9.17, 15) is 18.4 Å². The summed E-state index contributed by atoms with van der Waals surface area (Å²) < 4.78 is 32.6. The van der Waals surface area contributed by atoms with Gasteiger partial charge in [-0.25, -0.2) is 23.6 Å². The number of benzene rings is 2. The Balaban J connectivity index is 1.47. The standard InChI is InChI=1S/C28H35F2N5O3S/c1-20-25(11-14-39-3)34-26(17-33(20)12-13-38-19-22-5-4-6-24(30)15-22)35(32(2)18-27(34)36)28(37)31-16-21-7-9-23(29)10-8-21/h4-10,15,25-26H,1,11-14,16-19H2,2-3H3,(H,31,37)/t25-,26?/m0/s1. The van der Waals surface area contributed by atoms with Gasteiger partial charge in [-0.1, -0.05) is 30.8 Å². The summed E-state index contributed by atoms with van der Waals surface area (Å²) in [4.78, 5) is 30.5. The molecule has 1 unspecified atom stereocenters. The van der Waals surface area contributed by atoms with Gasteiger partial charge in [0.05, 0.1) is 32.3 Å². The average molecular weight is 560 g/mol. The Morgan fingerprint density at radius 3 is 2.64 bits per heavy atom. The lowest BCUT2D eigenvalue weighted by Gasteiger charge is -2.56. The van der Waals surface area contributed by atoms with Crippen LogP contribution in [-0.4, -0.2) is 89.3 Å². The molecule has 2 saturated heterocycles. The molecule has 8 nitrogen and oxygen atoms in total. The third-order valence-corrected chi connectivity index (χ3v) is 7.60. The van der Waals surface area contributed by atoms with Gasteiger partial charge in [-0.3, -0.25) is 4.79 Å². The van der Waals surface area contributed by atoms with Crippen LogP contribution in [0, 0.1) is 11.6 Å². The zero-order chi connectivity index (χ0) is 27.9. The molecule has 2 aromatic carbocycles. The molecule has 210 valence electrons. The number of nitrogens with one attached hydrogen (secondary N) is 1. The van der Waals surface area contributed by atoms with E-state index in [1.165, 1.54) is 24.3 Å². The van der Waals surface area contributed by atoms with E-state index in [1.54, 1.807) is 51.9 Å². The molecular formula is C28H35F2N5O3S. The summed E-state index contributed by atoms with van der Waals surface area (Å²) in [5, 5.41) is 6.14. The molecule has 11 heteroatoms. The summed E-state index contributed by atoms with van der Waals surface area (Å²) in [6.45, 7) is 6.16. The topological polar surface area (TPSA) is 68.4 Å². The van der Waals surface area contributed by atoms with Crippen LogP contribution in [0.3, 0.4) is 0 Å². The maximum atomic E-state index is 13.5. The summed E-state index contributed by atoms with van der Waals surface area (Å²) in [7, 11) is 1.72. The molecule has 4 rings (SSSR count). The van der Waals surface area contributed by atoms with Crippen LogP contribution in [-0.2, 0) is 22.7 Å². The van der Waals surface area contributed by atoms with Gasteiger partial charge in [0.25, 0.3) is 0 Å². The number of halogens is 2. The molecule has 2 atom stereocenters. The third-order valence-electron chi connectivity index (χ3n) is 6.96. The van der Waals surface area contributed by atoms with E-state index in [0.29, 0.717) is 26.1 Å². The number of likely N-dealkylation sites (N-methyl/N-ethyl adjacent to an activating group) is 1. The van der Waals surface area contributed by atoms with Crippen LogP contribution in [0.4, 0.5) is 13.6 Å². The lowest BCUT2D eigenvalue weighted by molar-refractivity contribution is -0.175. The van der Waals surface area contributed by atoms with Crippen LogP contribution < -0.4 is 5.32 Å². The van der Waals surface area contributed by atoms with E-state index in [0.717, 1.165) is 22.6 Å². The van der Waals surface area contributed by atoms with Gasteiger partial charge < -0.3 is 19.9 Å². The van der Waals surface area contributed by atoms with Crippen molar-refractivity contribution < 1.29 is 23.1 Å². The van der Waals surface area contributed by atoms with Gasteiger partial charge in [-0.05, 0) is 53.8 Å². The molecule has 2 heterocycles. The molecular weight excluding hydrogens is 524 g/mol. The smallest absolute Gasteiger partial charge is 0.334 e. The molecule has 3 amide bonds. The van der Waals surface area contributed by atoms with Crippen LogP contribution in [0.25, 0.3) is 0 Å². The Kier molecular flexibility index (Phi) is 9.82. The van der Waals surface area contributed by atoms with E-state index in [2.05, 4.69) is 16.8 Å². The Morgan fingerprint density at radius 1 is 1.15 bits per heavy atom. The van der Waals surface area contributed by atoms with Crippen molar-refractivity contribution in [2.75, 3.05) is 45.3 Å². The van der Waals surface area contributed by atoms with Crippen LogP contribution in [0.15, 0.2) is 60.8 Å². The van der Waals surface area contributed by atoms with Crippen molar-refractivity contribution in [2.24, 2.45) is 0 Å². The van der Waals surface area contributed by atoms with Gasteiger partial charge in [0.1, 0.15) is 17.8 Å². The molecule has 0 bridgehead atoms. The summed E-state index contributed by atoms with van der Waals surface area (Å²) in [5.74, 6) is 0.130. The minimum Gasteiger partial charge on any atom is -0.375 e. The van der Waals surface area contributed by atoms with Crippen LogP contribution >= 0.6 is 11.8 Å². The fourth-order valence-corrected chi connectivity index (χ4v) is 5.47. The second-order valence-electron chi connectivity index (χ2n) is 9.64. The SMILES string of the molecule is C=C1[C@H](CCSC)N2C(=O)CN(C)N(C(=O)NCc3ccc(F)cc3)C2CN1CCOCc1cccc(F)c1. The Bertz CT molecular complexity index is 1170. The number of hydrazine groups is 1. The van der Waals surface area contributed by atoms with E-state index in [-0.39, 0.29) is 49.3 Å². The number of carbonyl (C=O) groups is 2. The monoisotopic (exact) mass is 559 g/mol. The maximum absolute atomic E-state index is 13.5. The van der Waals surface area contributed by atoms with Crippen LogP contribution in [0.2, 0.25) is 0 Å². The van der Waals surface area contributed by atoms with Crippen LogP contribution in [0.5, 0.6) is 0 Å². The van der Waals surface area contributed by atoms with Gasteiger partial charge in [-0.2, -0.15) is 11.8 Å². The number of carbonyl (C=O) groups excluding carboxylic acids is 2. The highest BCUT2D eigenvalue weighted by Crippen LogP contribution is 2.32. The number of piperazine rings is 1. The van der Waals surface area contributed by atoms with Crippen molar-refractivity contribution in [3.8, 4) is 0 Å². The number of fused-ring (bicyclic) bond motifs is 1. The highest BCUT2D eigenvalue weighted by molar-refractivity contribution is 7.98. The largest absolute Gasteiger partial charge is 0.375 e. The zero-order valence-corrected chi connectivity index (χ0v) is 23.1. The van der Waals surface area contributed by atoms with Gasteiger partial charge in [0.2, 0.25) is 5.91 Å². The Labute approximate surface area is 232 Å². The minimum atomic E-state index is -0.537. The second-order valence-corrected chi connectivity index (χ2v) is 10.6. The van der Waals surface area contributed by atoms with Crippen molar-refractivity contribution >= 4 is 23.7 Å². The number of urea groups is 1. The van der Waals surface area contributed by atoms with E-state index < -0.39 is 6.17 Å². The summed E-state index contributed by atoms with van der Waals surface area (Å²) >= 11 is 1.69. The number of rotatable bonds is 10. The summed E-state index contributed by atoms with van der Waals surface area (Å²) in [6, 6.07) is 11.7. The highest BCUT2D eigenvalue weighted by atomic mass is 32.2. The number of thioether (sulfide) groups is 1. The third kappa shape index (κ3) is 7.09. The molecule has 0 radical (unpaired) electrons. The molecule has 0 spiro atoms. The predicted molar refractivity (Wildman–Crippen MR) is 147 cm³/mol. The first-order valence-corrected chi connectivity index (χ1v) is 14.3. The molecule has 2 aromatic rings. The first kappa shape index (κ1) is 28.8. The number of hydrogen-bond acceptors (Lipinski definition) is 6. The maximum Gasteiger partial charge on any atom is 0.334 e. The number of amides is 3. The van der Waals surface area contributed by atoms with Gasteiger partial charge in [0.15, 0.2) is 0 Å².